The first-order valence-electron chi connectivity index (χ1n) is 18.6. The molecule has 4 nitrogen and oxygen atoms in total. The van der Waals surface area contributed by atoms with E-state index in [1.807, 2.05) is 42.5 Å². The third-order valence-corrected chi connectivity index (χ3v) is 10.5. The molecule has 0 fully saturated rings. The molecule has 56 heavy (non-hydrogen) atoms. The summed E-state index contributed by atoms with van der Waals surface area (Å²) in [5.41, 5.74) is 9.81. The number of hydrogen-bond acceptors (Lipinski definition) is 3. The molecule has 0 aliphatic heterocycles. The molecule has 0 aliphatic carbocycles. The van der Waals surface area contributed by atoms with Gasteiger partial charge in [0.15, 0.2) is 23.2 Å². The van der Waals surface area contributed by atoms with Gasteiger partial charge in [-0.1, -0.05) is 182 Å². The maximum Gasteiger partial charge on any atom is 0.187 e. The van der Waals surface area contributed by atoms with Gasteiger partial charge in [0, 0.05) is 16.7 Å². The van der Waals surface area contributed by atoms with Crippen LogP contribution in [0.2, 0.25) is 0 Å². The Labute approximate surface area is 324 Å². The van der Waals surface area contributed by atoms with Gasteiger partial charge in [-0.3, -0.25) is 0 Å². The maximum atomic E-state index is 7.44. The molecule has 0 saturated carbocycles. The summed E-state index contributed by atoms with van der Waals surface area (Å²) in [7, 11) is 0. The Bertz CT molecular complexity index is 3130. The molecule has 1 aromatic heterocycles. The fourth-order valence-electron chi connectivity index (χ4n) is 7.79. The summed E-state index contributed by atoms with van der Waals surface area (Å²) in [6, 6.07) is 67.2. The number of rotatable bonds is 6. The van der Waals surface area contributed by atoms with Crippen LogP contribution in [0, 0.1) is 6.57 Å². The van der Waals surface area contributed by atoms with Gasteiger partial charge in [-0.25, -0.2) is 19.8 Å². The predicted octanol–water partition coefficient (Wildman–Crippen LogP) is 13.9. The Kier molecular flexibility index (Phi) is 8.17. The number of hydrogen-bond donors (Lipinski definition) is 0. The van der Waals surface area contributed by atoms with Gasteiger partial charge in [-0.2, -0.15) is 0 Å². The molecule has 0 bridgehead atoms. The lowest BCUT2D eigenvalue weighted by molar-refractivity contribution is 1.07. The molecular weight excluding hydrogens is 681 g/mol. The number of aromatic nitrogens is 3. The zero-order chi connectivity index (χ0) is 37.4. The smallest absolute Gasteiger partial charge is 0.187 e. The molecule has 0 amide bonds. The van der Waals surface area contributed by atoms with Crippen LogP contribution >= 0.6 is 0 Å². The minimum absolute atomic E-state index is 0.580. The van der Waals surface area contributed by atoms with Crippen molar-refractivity contribution in [1.29, 1.82) is 0 Å². The average Bonchev–Trinajstić information content (AvgIpc) is 3.28. The molecule has 10 rings (SSSR count). The topological polar surface area (TPSA) is 43.0 Å². The Balaban J connectivity index is 1.14. The van der Waals surface area contributed by atoms with E-state index in [2.05, 4.69) is 157 Å². The van der Waals surface area contributed by atoms with Crippen molar-refractivity contribution in [2.75, 3.05) is 0 Å². The maximum absolute atomic E-state index is 7.44. The van der Waals surface area contributed by atoms with E-state index < -0.39 is 0 Å². The fraction of sp³-hybridized carbons (Fsp3) is 0. The lowest BCUT2D eigenvalue weighted by Gasteiger charge is -2.15. The quantitative estimate of drug-likeness (QED) is 0.0979. The largest absolute Gasteiger partial charge is 0.238 e. The van der Waals surface area contributed by atoms with Crippen LogP contribution in [0.3, 0.4) is 0 Å². The molecule has 4 heteroatoms. The highest BCUT2D eigenvalue weighted by molar-refractivity contribution is 6.20. The van der Waals surface area contributed by atoms with Crippen LogP contribution in [0.15, 0.2) is 194 Å². The Hall–Kier alpha value is -7.74. The first kappa shape index (κ1) is 32.9. The van der Waals surface area contributed by atoms with E-state index in [0.717, 1.165) is 44.5 Å². The molecule has 0 radical (unpaired) electrons. The van der Waals surface area contributed by atoms with Crippen molar-refractivity contribution < 1.29 is 0 Å². The van der Waals surface area contributed by atoms with Crippen molar-refractivity contribution >= 4 is 38.0 Å². The van der Waals surface area contributed by atoms with Crippen LogP contribution in [-0.2, 0) is 0 Å². The van der Waals surface area contributed by atoms with Crippen LogP contribution < -0.4 is 0 Å². The minimum Gasteiger partial charge on any atom is -0.238 e. The monoisotopic (exact) mass is 712 g/mol. The molecule has 0 aliphatic rings. The first-order chi connectivity index (χ1) is 27.7. The molecule has 1 heterocycles. The molecule has 0 N–H and O–H groups in total. The second-order valence-electron chi connectivity index (χ2n) is 13.9. The van der Waals surface area contributed by atoms with E-state index in [9.17, 15) is 0 Å². The normalized spacial score (nSPS) is 11.2. The van der Waals surface area contributed by atoms with Gasteiger partial charge in [-0.15, -0.1) is 0 Å². The Morgan fingerprint density at radius 1 is 0.321 bits per heavy atom. The molecule has 0 spiro atoms. The molecule has 0 saturated heterocycles. The summed E-state index contributed by atoms with van der Waals surface area (Å²) in [4.78, 5) is 19.0. The van der Waals surface area contributed by atoms with Crippen LogP contribution in [-0.4, -0.2) is 15.0 Å². The van der Waals surface area contributed by atoms with Gasteiger partial charge in [-0.05, 0) is 77.8 Å². The SMILES string of the molecule is [C-]#[N+]c1ccc(-c2ccccc2-c2nc(-c3ccc(-c4c5ccccc5cc5c4ccc4ccccc45)cc3)nc(-c3cccc(-c4ccccc4)c3)n2)cc1. The van der Waals surface area contributed by atoms with Crippen molar-refractivity contribution in [3.63, 3.8) is 0 Å². The molecule has 10 aromatic rings. The molecular formula is C52H32N4. The van der Waals surface area contributed by atoms with E-state index in [4.69, 9.17) is 21.5 Å². The summed E-state index contributed by atoms with van der Waals surface area (Å²) in [5, 5.41) is 7.37. The van der Waals surface area contributed by atoms with Gasteiger partial charge in [0.2, 0.25) is 0 Å². The van der Waals surface area contributed by atoms with Crippen LogP contribution in [0.1, 0.15) is 0 Å². The van der Waals surface area contributed by atoms with Gasteiger partial charge in [0.05, 0.1) is 6.57 Å². The van der Waals surface area contributed by atoms with E-state index in [-0.39, 0.29) is 0 Å². The second-order valence-corrected chi connectivity index (χ2v) is 13.9. The summed E-state index contributed by atoms with van der Waals surface area (Å²) in [6.45, 7) is 7.44. The third kappa shape index (κ3) is 5.94. The third-order valence-electron chi connectivity index (χ3n) is 10.5. The first-order valence-corrected chi connectivity index (χ1v) is 18.6. The van der Waals surface area contributed by atoms with Crippen molar-refractivity contribution in [2.45, 2.75) is 0 Å². The lowest BCUT2D eigenvalue weighted by Crippen LogP contribution is -2.01. The minimum atomic E-state index is 0.580. The highest BCUT2D eigenvalue weighted by Crippen LogP contribution is 2.40. The summed E-state index contributed by atoms with van der Waals surface area (Å²) in [5.74, 6) is 1.77. The summed E-state index contributed by atoms with van der Waals surface area (Å²) >= 11 is 0. The van der Waals surface area contributed by atoms with Gasteiger partial charge < -0.3 is 0 Å². The van der Waals surface area contributed by atoms with E-state index >= 15 is 0 Å². The van der Waals surface area contributed by atoms with Crippen molar-refractivity contribution in [3.05, 3.63) is 206 Å². The Morgan fingerprint density at radius 3 is 1.70 bits per heavy atom. The summed E-state index contributed by atoms with van der Waals surface area (Å²) in [6.07, 6.45) is 0. The average molecular weight is 713 g/mol. The predicted molar refractivity (Wildman–Crippen MR) is 231 cm³/mol. The van der Waals surface area contributed by atoms with Crippen LogP contribution in [0.4, 0.5) is 5.69 Å². The van der Waals surface area contributed by atoms with E-state index in [1.165, 1.54) is 37.9 Å². The highest BCUT2D eigenvalue weighted by Gasteiger charge is 2.17. The molecule has 260 valence electrons. The van der Waals surface area contributed by atoms with E-state index in [1.54, 1.807) is 0 Å². The van der Waals surface area contributed by atoms with Crippen LogP contribution in [0.5, 0.6) is 0 Å². The number of benzene rings is 9. The molecule has 9 aromatic carbocycles. The van der Waals surface area contributed by atoms with Crippen LogP contribution in [0.25, 0.3) is 105 Å². The number of nitrogens with zero attached hydrogens (tertiary/aromatic N) is 4. The molecule has 0 unspecified atom stereocenters. The van der Waals surface area contributed by atoms with Crippen molar-refractivity contribution in [2.24, 2.45) is 0 Å². The standard InChI is InChI=1S/C52H32N4/c1-53-42-29-26-36(27-30-42)43-18-9-10-21-47(43)52-55-50(54-51(56-52)41-17-11-16-39(32-41)34-12-3-2-4-13-34)38-24-22-37(23-25-38)49-45-20-8-6-15-40(45)33-48-44-19-7-5-14-35(44)28-31-46(48)49/h2-33H. The Morgan fingerprint density at radius 2 is 0.911 bits per heavy atom. The van der Waals surface area contributed by atoms with Gasteiger partial charge in [0.25, 0.3) is 0 Å². The lowest BCUT2D eigenvalue weighted by atomic mass is 9.89. The van der Waals surface area contributed by atoms with Crippen molar-refractivity contribution in [1.82, 2.24) is 15.0 Å². The van der Waals surface area contributed by atoms with Crippen molar-refractivity contribution in [3.8, 4) is 67.5 Å². The fourth-order valence-corrected chi connectivity index (χ4v) is 7.79. The number of fused-ring (bicyclic) bond motifs is 4. The zero-order valence-corrected chi connectivity index (χ0v) is 30.3. The zero-order valence-electron chi connectivity index (χ0n) is 30.3. The van der Waals surface area contributed by atoms with Gasteiger partial charge >= 0.3 is 0 Å². The summed E-state index contributed by atoms with van der Waals surface area (Å²) < 4.78 is 0. The highest BCUT2D eigenvalue weighted by atomic mass is 15.0. The second kappa shape index (κ2) is 13.9. The van der Waals surface area contributed by atoms with E-state index in [0.29, 0.717) is 23.2 Å². The van der Waals surface area contributed by atoms with Gasteiger partial charge in [0.1, 0.15) is 0 Å². The molecule has 0 atom stereocenters.